The maximum atomic E-state index is 12.9. The molecule has 0 aliphatic carbocycles. The van der Waals surface area contributed by atoms with Crippen molar-refractivity contribution < 1.29 is 28.6 Å². The van der Waals surface area contributed by atoms with Gasteiger partial charge in [-0.3, -0.25) is 14.4 Å². The lowest BCUT2D eigenvalue weighted by Crippen LogP contribution is -2.30. The van der Waals surface area contributed by atoms with E-state index >= 15 is 0 Å². The molecule has 0 aromatic heterocycles. The van der Waals surface area contributed by atoms with Gasteiger partial charge in [0.15, 0.2) is 6.10 Å². The Balaban J connectivity index is 4.28. The largest absolute Gasteiger partial charge is 0.462 e. The first kappa shape index (κ1) is 74.1. The van der Waals surface area contributed by atoms with Crippen LogP contribution in [0.1, 0.15) is 310 Å². The fourth-order valence-corrected chi connectivity index (χ4v) is 9.13. The molecule has 0 amide bonds. The Morgan fingerprint density at radius 2 is 0.500 bits per heavy atom. The summed E-state index contributed by atoms with van der Waals surface area (Å²) in [5.74, 6) is -0.895. The summed E-state index contributed by atoms with van der Waals surface area (Å²) in [6.45, 7) is 6.41. The third-order valence-corrected chi connectivity index (χ3v) is 14.0. The Morgan fingerprint density at radius 1 is 0.269 bits per heavy atom. The van der Waals surface area contributed by atoms with Crippen LogP contribution in [0.15, 0.2) is 109 Å². The van der Waals surface area contributed by atoms with E-state index in [1.54, 1.807) is 0 Å². The van der Waals surface area contributed by atoms with Gasteiger partial charge in [0.2, 0.25) is 0 Å². The molecule has 0 saturated heterocycles. The van der Waals surface area contributed by atoms with Gasteiger partial charge in [-0.1, -0.05) is 278 Å². The first-order valence-corrected chi connectivity index (χ1v) is 32.9. The van der Waals surface area contributed by atoms with Crippen LogP contribution < -0.4 is 0 Å². The van der Waals surface area contributed by atoms with E-state index in [0.29, 0.717) is 19.3 Å². The van der Waals surface area contributed by atoms with Gasteiger partial charge in [-0.2, -0.15) is 0 Å². The van der Waals surface area contributed by atoms with Gasteiger partial charge in [0, 0.05) is 19.3 Å². The average Bonchev–Trinajstić information content (AvgIpc) is 3.44. The van der Waals surface area contributed by atoms with Crippen molar-refractivity contribution in [1.29, 1.82) is 0 Å². The molecule has 0 heterocycles. The number of rotatable bonds is 59. The van der Waals surface area contributed by atoms with Crippen LogP contribution in [0.25, 0.3) is 0 Å². The zero-order chi connectivity index (χ0) is 56.4. The highest BCUT2D eigenvalue weighted by molar-refractivity contribution is 5.71. The van der Waals surface area contributed by atoms with Crippen LogP contribution in [0.5, 0.6) is 0 Å². The Kier molecular flexibility index (Phi) is 62.3. The number of allylic oxidation sites excluding steroid dienone is 18. The lowest BCUT2D eigenvalue weighted by molar-refractivity contribution is -0.167. The molecule has 0 aliphatic heterocycles. The Labute approximate surface area is 482 Å². The van der Waals surface area contributed by atoms with Crippen LogP contribution in [0.2, 0.25) is 0 Å². The molecule has 0 fully saturated rings. The van der Waals surface area contributed by atoms with Crippen molar-refractivity contribution in [2.75, 3.05) is 13.2 Å². The molecule has 1 unspecified atom stereocenters. The summed E-state index contributed by atoms with van der Waals surface area (Å²) < 4.78 is 16.9. The van der Waals surface area contributed by atoms with Crippen LogP contribution in [-0.2, 0) is 28.6 Å². The second kappa shape index (κ2) is 65.6. The highest BCUT2D eigenvalue weighted by Crippen LogP contribution is 2.16. The number of carbonyl (C=O) groups excluding carboxylic acids is 3. The molecule has 0 rings (SSSR count). The number of carbonyl (C=O) groups is 3. The molecule has 0 bridgehead atoms. The van der Waals surface area contributed by atoms with Crippen molar-refractivity contribution in [2.24, 2.45) is 0 Å². The molecule has 0 N–H and O–H groups in total. The van der Waals surface area contributed by atoms with Crippen LogP contribution in [0.3, 0.4) is 0 Å². The van der Waals surface area contributed by atoms with Crippen molar-refractivity contribution in [2.45, 2.75) is 316 Å². The van der Waals surface area contributed by atoms with Gasteiger partial charge in [-0.05, 0) is 122 Å². The second-order valence-corrected chi connectivity index (χ2v) is 21.6. The van der Waals surface area contributed by atoms with E-state index in [4.69, 9.17) is 14.2 Å². The predicted octanol–water partition coefficient (Wildman–Crippen LogP) is 22.6. The van der Waals surface area contributed by atoms with Gasteiger partial charge in [0.05, 0.1) is 0 Å². The van der Waals surface area contributed by atoms with Crippen LogP contribution >= 0.6 is 0 Å². The third kappa shape index (κ3) is 62.9. The highest BCUT2D eigenvalue weighted by atomic mass is 16.6. The van der Waals surface area contributed by atoms with E-state index in [1.807, 2.05) is 0 Å². The molecule has 1 atom stereocenters. The number of unbranched alkanes of at least 4 members (excludes halogenated alkanes) is 30. The smallest absolute Gasteiger partial charge is 0.306 e. The van der Waals surface area contributed by atoms with Crippen molar-refractivity contribution in [3.63, 3.8) is 0 Å². The fraction of sp³-hybridized carbons (Fsp3) is 0.708. The fourth-order valence-electron chi connectivity index (χ4n) is 9.13. The summed E-state index contributed by atoms with van der Waals surface area (Å²) in [5, 5.41) is 0. The Hall–Kier alpha value is -3.93. The molecule has 0 aromatic carbocycles. The summed E-state index contributed by atoms with van der Waals surface area (Å²) in [5.41, 5.74) is 0. The second-order valence-electron chi connectivity index (χ2n) is 21.6. The minimum absolute atomic E-state index is 0.0845. The molecule has 0 aromatic rings. The van der Waals surface area contributed by atoms with Crippen molar-refractivity contribution in [1.82, 2.24) is 0 Å². The normalized spacial score (nSPS) is 12.8. The highest BCUT2D eigenvalue weighted by Gasteiger charge is 2.19. The molecule has 78 heavy (non-hydrogen) atoms. The average molecular weight is 1080 g/mol. The quantitative estimate of drug-likeness (QED) is 0.0261. The maximum Gasteiger partial charge on any atom is 0.306 e. The summed E-state index contributed by atoms with van der Waals surface area (Å²) in [7, 11) is 0. The molecule has 0 aliphatic rings. The van der Waals surface area contributed by atoms with Gasteiger partial charge in [-0.15, -0.1) is 0 Å². The maximum absolute atomic E-state index is 12.9. The van der Waals surface area contributed by atoms with E-state index in [2.05, 4.69) is 130 Å². The lowest BCUT2D eigenvalue weighted by Gasteiger charge is -2.18. The summed E-state index contributed by atoms with van der Waals surface area (Å²) in [4.78, 5) is 38.3. The lowest BCUT2D eigenvalue weighted by atomic mass is 10.0. The zero-order valence-corrected chi connectivity index (χ0v) is 51.2. The van der Waals surface area contributed by atoms with Crippen LogP contribution in [0.4, 0.5) is 0 Å². The van der Waals surface area contributed by atoms with E-state index in [0.717, 1.165) is 122 Å². The van der Waals surface area contributed by atoms with Gasteiger partial charge >= 0.3 is 17.9 Å². The minimum atomic E-state index is -0.789. The SMILES string of the molecule is CC/C=C\C/C=C\C/C=C\C/C=C\C/C=C\CCCCCCCCCCCCCCCC(=O)OCC(COC(=O)CCCCCCC/C=C\CCCCCCC)OC(=O)CCCCCCCCC/C=C\C/C=C\C/C=C\CC. The molecular weight excluding hydrogens is 961 g/mol. The molecule has 446 valence electrons. The van der Waals surface area contributed by atoms with Gasteiger partial charge in [0.25, 0.3) is 0 Å². The standard InChI is InChI=1S/C72H122O6/c1-4-7-10-13-16-19-22-25-28-30-31-32-33-34-35-36-37-38-39-40-41-43-44-47-50-53-56-59-62-65-71(74)77-68-69(67-76-70(73)64-61-58-55-52-49-46-27-24-21-18-15-12-9-6-3)78-72(75)66-63-60-57-54-51-48-45-42-29-26-23-20-17-14-11-8-5-2/h7-8,10-11,16-17,19-20,24-29,31-32,34-35,69H,4-6,9,12-15,18,21-23,30,33,36-68H2,1-3H3/b10-7-,11-8-,19-16-,20-17-,27-24-,28-25-,29-26-,32-31-,35-34-. The predicted molar refractivity (Wildman–Crippen MR) is 339 cm³/mol. The van der Waals surface area contributed by atoms with Crippen molar-refractivity contribution >= 4 is 17.9 Å². The Morgan fingerprint density at radius 3 is 0.795 bits per heavy atom. The molecule has 0 saturated carbocycles. The van der Waals surface area contributed by atoms with Gasteiger partial charge < -0.3 is 14.2 Å². The van der Waals surface area contributed by atoms with E-state index < -0.39 is 6.10 Å². The summed E-state index contributed by atoms with van der Waals surface area (Å²) in [6.07, 6.45) is 89.6. The first-order chi connectivity index (χ1) is 38.5. The summed E-state index contributed by atoms with van der Waals surface area (Å²) >= 11 is 0. The molecule has 0 radical (unpaired) electrons. The number of hydrogen-bond donors (Lipinski definition) is 0. The summed E-state index contributed by atoms with van der Waals surface area (Å²) in [6, 6.07) is 0. The van der Waals surface area contributed by atoms with Crippen LogP contribution in [-0.4, -0.2) is 37.2 Å². The topological polar surface area (TPSA) is 78.9 Å². The first-order valence-electron chi connectivity index (χ1n) is 32.9. The number of esters is 3. The van der Waals surface area contributed by atoms with Crippen LogP contribution in [0, 0.1) is 0 Å². The monoisotopic (exact) mass is 1080 g/mol. The number of ether oxygens (including phenoxy) is 3. The molecular formula is C72H122O6. The minimum Gasteiger partial charge on any atom is -0.462 e. The number of hydrogen-bond acceptors (Lipinski definition) is 6. The van der Waals surface area contributed by atoms with Crippen molar-refractivity contribution in [3.05, 3.63) is 109 Å². The van der Waals surface area contributed by atoms with E-state index in [-0.39, 0.29) is 31.1 Å². The van der Waals surface area contributed by atoms with Gasteiger partial charge in [0.1, 0.15) is 13.2 Å². The van der Waals surface area contributed by atoms with Crippen molar-refractivity contribution in [3.8, 4) is 0 Å². The molecule has 0 spiro atoms. The van der Waals surface area contributed by atoms with Gasteiger partial charge in [-0.25, -0.2) is 0 Å². The Bertz CT molecular complexity index is 1570. The molecule has 6 nitrogen and oxygen atoms in total. The van der Waals surface area contributed by atoms with E-state index in [1.165, 1.54) is 148 Å². The third-order valence-electron chi connectivity index (χ3n) is 14.0. The molecule has 6 heteroatoms. The zero-order valence-electron chi connectivity index (χ0n) is 51.2. The van der Waals surface area contributed by atoms with E-state index in [9.17, 15) is 14.4 Å².